The van der Waals surface area contributed by atoms with Crippen molar-refractivity contribution in [1.82, 2.24) is 19.8 Å². The number of hydrogen-bond donors (Lipinski definition) is 1. The first-order valence-corrected chi connectivity index (χ1v) is 10.4. The summed E-state index contributed by atoms with van der Waals surface area (Å²) >= 11 is 1.04. The van der Waals surface area contributed by atoms with E-state index in [4.69, 9.17) is 4.74 Å². The van der Waals surface area contributed by atoms with Crippen molar-refractivity contribution in [2.45, 2.75) is 6.42 Å². The maximum absolute atomic E-state index is 13.9. The van der Waals surface area contributed by atoms with E-state index in [1.54, 1.807) is 12.1 Å². The molecular weight excluding hydrogens is 480 g/mol. The smallest absolute Gasteiger partial charge is 0.277 e. The van der Waals surface area contributed by atoms with Crippen LogP contribution in [0.2, 0.25) is 0 Å². The number of aromatic hydroxyl groups is 1. The predicted molar refractivity (Wildman–Crippen MR) is 120 cm³/mol. The molecule has 1 aliphatic heterocycles. The molecule has 1 aromatic carbocycles. The maximum atomic E-state index is 13.9. The summed E-state index contributed by atoms with van der Waals surface area (Å²) in [6.45, 7) is 0.835. The molecule has 0 unspecified atom stereocenters. The van der Waals surface area contributed by atoms with E-state index in [2.05, 4.69) is 10.2 Å². The average Bonchev–Trinajstić information content (AvgIpc) is 3.22. The molecule has 13 heteroatoms. The van der Waals surface area contributed by atoms with Crippen LogP contribution in [0.5, 0.6) is 5.75 Å². The highest BCUT2D eigenvalue weighted by Gasteiger charge is 2.32. The van der Waals surface area contributed by atoms with Crippen molar-refractivity contribution in [1.29, 1.82) is 0 Å². The number of amides is 1. The number of nitrogens with zero attached hydrogens (tertiary/aromatic N) is 5. The van der Waals surface area contributed by atoms with Crippen molar-refractivity contribution in [3.05, 3.63) is 62.5 Å². The van der Waals surface area contributed by atoms with E-state index in [0.29, 0.717) is 18.2 Å². The zero-order valence-corrected chi connectivity index (χ0v) is 19.3. The van der Waals surface area contributed by atoms with E-state index in [1.165, 1.54) is 28.9 Å². The lowest BCUT2D eigenvalue weighted by Gasteiger charge is -2.37. The van der Waals surface area contributed by atoms with Crippen LogP contribution in [0.3, 0.4) is 0 Å². The molecule has 0 atom stereocenters. The fourth-order valence-electron chi connectivity index (χ4n) is 3.37. The van der Waals surface area contributed by atoms with Crippen LogP contribution in [0.15, 0.2) is 29.2 Å². The van der Waals surface area contributed by atoms with Crippen molar-refractivity contribution >= 4 is 29.7 Å². The molecule has 3 heterocycles. The second-order valence-electron chi connectivity index (χ2n) is 7.19. The molecule has 0 fully saturated rings. The van der Waals surface area contributed by atoms with Crippen LogP contribution in [-0.2, 0) is 11.2 Å². The van der Waals surface area contributed by atoms with E-state index >= 15 is 0 Å². The molecule has 3 aromatic rings. The van der Waals surface area contributed by atoms with Crippen LogP contribution in [-0.4, -0.2) is 64.8 Å². The number of carbonyl (C=O) groups excluding carboxylic acids is 1. The minimum Gasteiger partial charge on any atom is -0.502 e. The molecule has 176 valence electrons. The van der Waals surface area contributed by atoms with Gasteiger partial charge in [0.25, 0.3) is 5.91 Å². The topological polar surface area (TPSA) is 101 Å². The Morgan fingerprint density at radius 3 is 2.70 bits per heavy atom. The van der Waals surface area contributed by atoms with Crippen LogP contribution in [0, 0.1) is 11.6 Å². The molecule has 4 rings (SSSR count). The minimum absolute atomic E-state index is 0. The van der Waals surface area contributed by atoms with Crippen LogP contribution in [0.25, 0.3) is 10.6 Å². The van der Waals surface area contributed by atoms with Gasteiger partial charge in [0.05, 0.1) is 12.2 Å². The first-order valence-electron chi connectivity index (χ1n) is 9.55. The number of fused-ring (bicyclic) bond motifs is 1. The highest BCUT2D eigenvalue weighted by atomic mass is 35.5. The Labute approximate surface area is 197 Å². The summed E-state index contributed by atoms with van der Waals surface area (Å²) in [5.74, 6) is -2.57. The molecule has 0 saturated heterocycles. The number of rotatable bonds is 6. The van der Waals surface area contributed by atoms with Gasteiger partial charge in [-0.05, 0) is 11.6 Å². The zero-order valence-electron chi connectivity index (χ0n) is 17.6. The van der Waals surface area contributed by atoms with Crippen molar-refractivity contribution in [3.8, 4) is 16.3 Å². The standard InChI is InChI=1S/C20H19F2N5O4S.ClH/c1-25-10-26(5-6-31-2)20(30)16-18(29)17(28)13(9-27(16)25)19-24-23-15(32-19)7-11-3-4-12(21)8-14(11)22;/h3-4,8-9,29H,5-7,10H2,1-2H3;1H. The zero-order chi connectivity index (χ0) is 23.0. The van der Waals surface area contributed by atoms with Crippen molar-refractivity contribution in [2.24, 2.45) is 0 Å². The van der Waals surface area contributed by atoms with Crippen LogP contribution in [0.4, 0.5) is 8.78 Å². The van der Waals surface area contributed by atoms with Gasteiger partial charge in [-0.25, -0.2) is 8.78 Å². The van der Waals surface area contributed by atoms with E-state index in [9.17, 15) is 23.5 Å². The fraction of sp³-hybridized carbons (Fsp3) is 0.300. The Bertz CT molecular complexity index is 1250. The SMILES string of the molecule is COCCN1CN(C)n2cc(-c3nnc(Cc4ccc(F)cc4F)s3)c(=O)c(O)c2C1=O.Cl. The van der Waals surface area contributed by atoms with E-state index in [1.807, 2.05) is 0 Å². The average molecular weight is 500 g/mol. The second-order valence-corrected chi connectivity index (χ2v) is 8.25. The summed E-state index contributed by atoms with van der Waals surface area (Å²) in [5, 5.41) is 20.8. The van der Waals surface area contributed by atoms with E-state index < -0.39 is 28.7 Å². The molecule has 1 amide bonds. The monoisotopic (exact) mass is 499 g/mol. The summed E-state index contributed by atoms with van der Waals surface area (Å²) in [6.07, 6.45) is 1.49. The van der Waals surface area contributed by atoms with Crippen molar-refractivity contribution in [2.75, 3.05) is 39.0 Å². The maximum Gasteiger partial charge on any atom is 0.277 e. The lowest BCUT2D eigenvalue weighted by atomic mass is 10.1. The predicted octanol–water partition coefficient (Wildman–Crippen LogP) is 1.99. The molecule has 0 spiro atoms. The quantitative estimate of drug-likeness (QED) is 0.553. The summed E-state index contributed by atoms with van der Waals surface area (Å²) < 4.78 is 33.5. The van der Waals surface area contributed by atoms with Crippen molar-refractivity contribution in [3.63, 3.8) is 0 Å². The van der Waals surface area contributed by atoms with Gasteiger partial charge in [-0.15, -0.1) is 22.6 Å². The van der Waals surface area contributed by atoms with Gasteiger partial charge in [-0.2, -0.15) is 0 Å². The van der Waals surface area contributed by atoms with Gasteiger partial charge < -0.3 is 14.7 Å². The van der Waals surface area contributed by atoms with Gasteiger partial charge in [0.1, 0.15) is 23.3 Å². The lowest BCUT2D eigenvalue weighted by molar-refractivity contribution is 0.0630. The molecule has 0 bridgehead atoms. The third kappa shape index (κ3) is 4.68. The van der Waals surface area contributed by atoms with Crippen LogP contribution < -0.4 is 10.4 Å². The van der Waals surface area contributed by atoms with Gasteiger partial charge in [0, 0.05) is 39.4 Å². The van der Waals surface area contributed by atoms with Gasteiger partial charge >= 0.3 is 0 Å². The Balaban J connectivity index is 0.00000306. The molecule has 0 radical (unpaired) electrons. The number of halogens is 3. The summed E-state index contributed by atoms with van der Waals surface area (Å²) in [5.41, 5.74) is -0.621. The van der Waals surface area contributed by atoms with Gasteiger partial charge in [-0.1, -0.05) is 17.4 Å². The van der Waals surface area contributed by atoms with Gasteiger partial charge in [0.2, 0.25) is 5.43 Å². The Hall–Kier alpha value is -3.09. The Morgan fingerprint density at radius 2 is 2.00 bits per heavy atom. The molecule has 9 nitrogen and oxygen atoms in total. The highest BCUT2D eigenvalue weighted by Crippen LogP contribution is 2.28. The molecular formula is C20H20ClF2N5O4S. The Kier molecular flexibility index (Phi) is 7.30. The summed E-state index contributed by atoms with van der Waals surface area (Å²) in [6, 6.07) is 3.26. The van der Waals surface area contributed by atoms with Gasteiger partial charge in [-0.3, -0.25) is 19.3 Å². The van der Waals surface area contributed by atoms with Crippen LogP contribution >= 0.6 is 23.7 Å². The largest absolute Gasteiger partial charge is 0.502 e. The highest BCUT2D eigenvalue weighted by molar-refractivity contribution is 7.14. The van der Waals surface area contributed by atoms with Crippen molar-refractivity contribution < 1.29 is 23.4 Å². The number of hydrogen-bond acceptors (Lipinski definition) is 8. The van der Waals surface area contributed by atoms with Gasteiger partial charge in [0.15, 0.2) is 16.5 Å². The number of carbonyl (C=O) groups is 1. The number of pyridine rings is 1. The number of ether oxygens (including phenoxy) is 1. The molecule has 2 aromatic heterocycles. The molecule has 0 saturated carbocycles. The molecule has 33 heavy (non-hydrogen) atoms. The normalized spacial score (nSPS) is 13.2. The lowest BCUT2D eigenvalue weighted by Crippen LogP contribution is -2.53. The Morgan fingerprint density at radius 1 is 1.24 bits per heavy atom. The molecule has 1 aliphatic rings. The first-order chi connectivity index (χ1) is 15.3. The number of aromatic nitrogens is 3. The summed E-state index contributed by atoms with van der Waals surface area (Å²) in [4.78, 5) is 27.1. The fourth-order valence-corrected chi connectivity index (χ4v) is 4.24. The molecule has 0 aliphatic carbocycles. The van der Waals surface area contributed by atoms with E-state index in [-0.39, 0.29) is 47.3 Å². The summed E-state index contributed by atoms with van der Waals surface area (Å²) in [7, 11) is 3.22. The molecule has 1 N–H and O–H groups in total. The number of benzene rings is 1. The van der Waals surface area contributed by atoms with E-state index in [0.717, 1.165) is 23.5 Å². The second kappa shape index (κ2) is 9.81. The third-order valence-electron chi connectivity index (χ3n) is 5.02. The minimum atomic E-state index is -0.762. The number of methoxy groups -OCH3 is 1. The first kappa shape index (κ1) is 24.6. The van der Waals surface area contributed by atoms with Crippen LogP contribution in [0.1, 0.15) is 21.1 Å². The third-order valence-corrected chi connectivity index (χ3v) is 5.97.